The van der Waals surface area contributed by atoms with Crippen LogP contribution in [0.25, 0.3) is 0 Å². The van der Waals surface area contributed by atoms with Crippen LogP contribution < -0.4 is 0 Å². The fourth-order valence-electron chi connectivity index (χ4n) is 2.32. The predicted octanol–water partition coefficient (Wildman–Crippen LogP) is 3.81. The van der Waals surface area contributed by atoms with Gasteiger partial charge in [-0.3, -0.25) is 9.48 Å². The molecule has 112 valence electrons. The van der Waals surface area contributed by atoms with Gasteiger partial charge >= 0.3 is 5.97 Å². The summed E-state index contributed by atoms with van der Waals surface area (Å²) in [5.41, 5.74) is 2.41. The number of hydrogen-bond acceptors (Lipinski definition) is 2. The Labute approximate surface area is 136 Å². The Hall–Kier alpha value is -1.33. The quantitative estimate of drug-likeness (QED) is 0.869. The zero-order valence-electron chi connectivity index (χ0n) is 11.8. The van der Waals surface area contributed by atoms with Crippen LogP contribution in [0.1, 0.15) is 29.8 Å². The molecule has 0 aliphatic rings. The number of aryl methyl sites for hydroxylation is 2. The normalized spacial score (nSPS) is 12.4. The standard InChI is InChI=1S/C15H16BrClN2O2/c1-3-12-14(16)13(19(2)18-12)8-10(15(20)21)9-6-4-5-7-11(9)17/h4-7,10H,3,8H2,1-2H3,(H,20,21). The number of aliphatic carboxylic acids is 1. The molecule has 1 N–H and O–H groups in total. The van der Waals surface area contributed by atoms with Gasteiger partial charge in [-0.05, 0) is 34.0 Å². The second kappa shape index (κ2) is 6.62. The van der Waals surface area contributed by atoms with Crippen LogP contribution in [-0.4, -0.2) is 20.9 Å². The molecule has 21 heavy (non-hydrogen) atoms. The molecule has 1 heterocycles. The third kappa shape index (κ3) is 3.30. The van der Waals surface area contributed by atoms with Gasteiger partial charge in [-0.25, -0.2) is 0 Å². The Kier molecular flexibility index (Phi) is 5.06. The minimum Gasteiger partial charge on any atom is -0.481 e. The monoisotopic (exact) mass is 370 g/mol. The first-order valence-electron chi connectivity index (χ1n) is 6.63. The molecule has 0 aliphatic heterocycles. The number of halogens is 2. The fraction of sp³-hybridized carbons (Fsp3) is 0.333. The van der Waals surface area contributed by atoms with Crippen molar-refractivity contribution in [1.82, 2.24) is 9.78 Å². The van der Waals surface area contributed by atoms with Gasteiger partial charge in [0.1, 0.15) is 0 Å². The Morgan fingerprint density at radius 2 is 2.14 bits per heavy atom. The van der Waals surface area contributed by atoms with Crippen LogP contribution in [0, 0.1) is 0 Å². The number of nitrogens with zero attached hydrogens (tertiary/aromatic N) is 2. The van der Waals surface area contributed by atoms with E-state index in [2.05, 4.69) is 21.0 Å². The summed E-state index contributed by atoms with van der Waals surface area (Å²) in [5, 5.41) is 14.4. The maximum atomic E-state index is 11.7. The van der Waals surface area contributed by atoms with Crippen molar-refractivity contribution in [3.8, 4) is 0 Å². The van der Waals surface area contributed by atoms with Crippen molar-refractivity contribution in [3.05, 3.63) is 50.7 Å². The zero-order valence-corrected chi connectivity index (χ0v) is 14.1. The van der Waals surface area contributed by atoms with E-state index in [1.54, 1.807) is 28.9 Å². The first-order valence-corrected chi connectivity index (χ1v) is 7.80. The Bertz CT molecular complexity index is 670. The predicted molar refractivity (Wildman–Crippen MR) is 85.8 cm³/mol. The highest BCUT2D eigenvalue weighted by Crippen LogP contribution is 2.31. The van der Waals surface area contributed by atoms with Crippen LogP contribution in [0.15, 0.2) is 28.7 Å². The highest BCUT2D eigenvalue weighted by molar-refractivity contribution is 9.10. The highest BCUT2D eigenvalue weighted by Gasteiger charge is 2.26. The summed E-state index contributed by atoms with van der Waals surface area (Å²) < 4.78 is 2.61. The fourth-order valence-corrected chi connectivity index (χ4v) is 3.37. The molecule has 6 heteroatoms. The van der Waals surface area contributed by atoms with Crippen molar-refractivity contribution in [2.75, 3.05) is 0 Å². The van der Waals surface area contributed by atoms with E-state index >= 15 is 0 Å². The summed E-state index contributed by atoms with van der Waals surface area (Å²) in [6.07, 6.45) is 1.13. The van der Waals surface area contributed by atoms with E-state index in [1.165, 1.54) is 0 Å². The molecule has 1 unspecified atom stereocenters. The number of rotatable bonds is 5. The smallest absolute Gasteiger partial charge is 0.311 e. The lowest BCUT2D eigenvalue weighted by Gasteiger charge is -2.14. The van der Waals surface area contributed by atoms with Gasteiger partial charge in [0.15, 0.2) is 0 Å². The van der Waals surface area contributed by atoms with Crippen LogP contribution in [0.3, 0.4) is 0 Å². The molecule has 0 fully saturated rings. The van der Waals surface area contributed by atoms with Crippen LogP contribution >= 0.6 is 27.5 Å². The van der Waals surface area contributed by atoms with E-state index in [9.17, 15) is 9.90 Å². The lowest BCUT2D eigenvalue weighted by molar-refractivity contribution is -0.138. The lowest BCUT2D eigenvalue weighted by Crippen LogP contribution is -2.17. The first kappa shape index (κ1) is 16.0. The van der Waals surface area contributed by atoms with E-state index in [-0.39, 0.29) is 0 Å². The van der Waals surface area contributed by atoms with Crippen molar-refractivity contribution in [2.45, 2.75) is 25.7 Å². The van der Waals surface area contributed by atoms with E-state index in [0.717, 1.165) is 22.3 Å². The summed E-state index contributed by atoms with van der Waals surface area (Å²) in [4.78, 5) is 11.7. The average Bonchev–Trinajstić information content (AvgIpc) is 2.72. The molecule has 4 nitrogen and oxygen atoms in total. The van der Waals surface area contributed by atoms with Gasteiger partial charge in [-0.1, -0.05) is 36.7 Å². The van der Waals surface area contributed by atoms with Crippen LogP contribution in [-0.2, 0) is 24.7 Å². The van der Waals surface area contributed by atoms with Crippen molar-refractivity contribution in [2.24, 2.45) is 7.05 Å². The van der Waals surface area contributed by atoms with Crippen LogP contribution in [0.4, 0.5) is 0 Å². The summed E-state index contributed by atoms with van der Waals surface area (Å²) in [7, 11) is 1.82. The van der Waals surface area contributed by atoms with Crippen molar-refractivity contribution in [1.29, 1.82) is 0 Å². The molecule has 0 aliphatic carbocycles. The third-order valence-electron chi connectivity index (χ3n) is 3.48. The van der Waals surface area contributed by atoms with Crippen molar-refractivity contribution < 1.29 is 9.90 Å². The molecule has 0 bridgehead atoms. The second-order valence-corrected chi connectivity index (χ2v) is 6.00. The summed E-state index contributed by atoms with van der Waals surface area (Å²) in [6.45, 7) is 2.01. The Morgan fingerprint density at radius 3 is 2.67 bits per heavy atom. The summed E-state index contributed by atoms with van der Waals surface area (Å²) in [5.74, 6) is -1.59. The Morgan fingerprint density at radius 1 is 1.48 bits per heavy atom. The molecular weight excluding hydrogens is 356 g/mol. The number of aromatic nitrogens is 2. The van der Waals surface area contributed by atoms with Crippen molar-refractivity contribution >= 4 is 33.5 Å². The average molecular weight is 372 g/mol. The number of benzene rings is 1. The molecule has 1 atom stereocenters. The molecule has 1 aromatic heterocycles. The minimum absolute atomic E-state index is 0.336. The molecule has 0 amide bonds. The molecule has 0 radical (unpaired) electrons. The van der Waals surface area contributed by atoms with E-state index in [4.69, 9.17) is 11.6 Å². The zero-order chi connectivity index (χ0) is 15.6. The molecule has 1 aromatic carbocycles. The van der Waals surface area contributed by atoms with Crippen LogP contribution in [0.2, 0.25) is 5.02 Å². The summed E-state index contributed by atoms with van der Waals surface area (Å²) in [6, 6.07) is 7.06. The molecule has 2 aromatic rings. The van der Waals surface area contributed by atoms with Gasteiger partial charge in [0, 0.05) is 18.5 Å². The number of carboxylic acids is 1. The molecular formula is C15H16BrClN2O2. The molecule has 0 saturated heterocycles. The van der Waals surface area contributed by atoms with E-state index < -0.39 is 11.9 Å². The van der Waals surface area contributed by atoms with Gasteiger partial charge < -0.3 is 5.11 Å². The minimum atomic E-state index is -0.894. The van der Waals surface area contributed by atoms with Crippen molar-refractivity contribution in [3.63, 3.8) is 0 Å². The van der Waals surface area contributed by atoms with Gasteiger partial charge in [-0.2, -0.15) is 5.10 Å². The third-order valence-corrected chi connectivity index (χ3v) is 4.74. The maximum absolute atomic E-state index is 11.7. The largest absolute Gasteiger partial charge is 0.481 e. The van der Waals surface area contributed by atoms with Gasteiger partial charge in [0.2, 0.25) is 0 Å². The molecule has 0 saturated carbocycles. The van der Waals surface area contributed by atoms with Crippen LogP contribution in [0.5, 0.6) is 0 Å². The van der Waals surface area contributed by atoms with E-state index in [0.29, 0.717) is 17.0 Å². The SMILES string of the molecule is CCc1nn(C)c(CC(C(=O)O)c2ccccc2Cl)c1Br. The topological polar surface area (TPSA) is 55.1 Å². The van der Waals surface area contributed by atoms with Gasteiger partial charge in [0.25, 0.3) is 0 Å². The first-order chi connectivity index (χ1) is 9.95. The maximum Gasteiger partial charge on any atom is 0.311 e. The highest BCUT2D eigenvalue weighted by atomic mass is 79.9. The number of carbonyl (C=O) groups is 1. The van der Waals surface area contributed by atoms with Gasteiger partial charge in [-0.15, -0.1) is 0 Å². The molecule has 2 rings (SSSR count). The Balaban J connectivity index is 2.41. The number of carboxylic acid groups (broad SMARTS) is 1. The lowest BCUT2D eigenvalue weighted by atomic mass is 9.94. The second-order valence-electron chi connectivity index (χ2n) is 4.80. The molecule has 0 spiro atoms. The van der Waals surface area contributed by atoms with Gasteiger partial charge in [0.05, 0.1) is 21.8 Å². The number of hydrogen-bond donors (Lipinski definition) is 1. The summed E-state index contributed by atoms with van der Waals surface area (Å²) >= 11 is 9.67. The van der Waals surface area contributed by atoms with E-state index in [1.807, 2.05) is 14.0 Å².